The molecule has 1 heterocycles. The molecule has 0 spiro atoms. The number of hydrogen-bond donors (Lipinski definition) is 0. The molecular weight excluding hydrogens is 359 g/mol. The van der Waals surface area contributed by atoms with Crippen LogP contribution in [-0.2, 0) is 14.8 Å². The fraction of sp³-hybridized carbons (Fsp3) is 0.533. The molecule has 0 N–H and O–H groups in total. The zero-order chi connectivity index (χ0) is 17.2. The molecule has 0 bridgehead atoms. The summed E-state index contributed by atoms with van der Waals surface area (Å²) in [4.78, 5) is 14.2. The summed E-state index contributed by atoms with van der Waals surface area (Å²) in [5.41, 5.74) is 0.295. The molecule has 0 aliphatic carbocycles. The average molecular weight is 379 g/mol. The van der Waals surface area contributed by atoms with E-state index in [4.69, 9.17) is 23.2 Å². The van der Waals surface area contributed by atoms with Gasteiger partial charge in [0, 0.05) is 23.1 Å². The van der Waals surface area contributed by atoms with E-state index in [9.17, 15) is 13.2 Å². The fourth-order valence-corrected chi connectivity index (χ4v) is 4.07. The number of hydrogen-bond acceptors (Lipinski definition) is 3. The summed E-state index contributed by atoms with van der Waals surface area (Å²) in [6.07, 6.45) is 3.09. The van der Waals surface area contributed by atoms with Gasteiger partial charge >= 0.3 is 0 Å². The van der Waals surface area contributed by atoms with Crippen LogP contribution in [0.4, 0.5) is 5.69 Å². The molecular formula is C15H20Cl2N2O3S. The van der Waals surface area contributed by atoms with Crippen molar-refractivity contribution in [3.63, 3.8) is 0 Å². The molecule has 2 rings (SSSR count). The van der Waals surface area contributed by atoms with E-state index in [0.29, 0.717) is 34.7 Å². The Morgan fingerprint density at radius 2 is 1.91 bits per heavy atom. The second kappa shape index (κ2) is 7.28. The highest BCUT2D eigenvalue weighted by molar-refractivity contribution is 7.92. The van der Waals surface area contributed by atoms with E-state index in [1.54, 1.807) is 4.90 Å². The molecule has 8 heteroatoms. The number of carbonyl (C=O) groups is 1. The third-order valence-electron chi connectivity index (χ3n) is 3.82. The number of sulfonamides is 1. The number of anilines is 1. The zero-order valence-electron chi connectivity index (χ0n) is 13.1. The standard InChI is InChI=1S/C15H20Cl2N2O3S/c1-11-4-3-5-18(9-11)15(20)10-19(23(2,21)22)14-7-12(16)6-13(17)8-14/h6-8,11H,3-5,9-10H2,1-2H3. The van der Waals surface area contributed by atoms with Crippen molar-refractivity contribution in [2.45, 2.75) is 19.8 Å². The van der Waals surface area contributed by atoms with Crippen LogP contribution in [0.3, 0.4) is 0 Å². The molecule has 5 nitrogen and oxygen atoms in total. The van der Waals surface area contributed by atoms with Gasteiger partial charge in [0.15, 0.2) is 0 Å². The Hall–Kier alpha value is -0.980. The topological polar surface area (TPSA) is 57.7 Å². The molecule has 1 fully saturated rings. The number of likely N-dealkylation sites (tertiary alicyclic amines) is 1. The number of amides is 1. The van der Waals surface area contributed by atoms with Gasteiger partial charge in [0.2, 0.25) is 15.9 Å². The molecule has 1 unspecified atom stereocenters. The highest BCUT2D eigenvalue weighted by Crippen LogP contribution is 2.27. The van der Waals surface area contributed by atoms with E-state index in [1.165, 1.54) is 18.2 Å². The SMILES string of the molecule is CC1CCCN(C(=O)CN(c2cc(Cl)cc(Cl)c2)S(C)(=O)=O)C1. The number of piperidine rings is 1. The van der Waals surface area contributed by atoms with Gasteiger partial charge in [-0.15, -0.1) is 0 Å². The van der Waals surface area contributed by atoms with Gasteiger partial charge in [-0.3, -0.25) is 9.10 Å². The smallest absolute Gasteiger partial charge is 0.243 e. The van der Waals surface area contributed by atoms with E-state index in [0.717, 1.165) is 23.4 Å². The van der Waals surface area contributed by atoms with E-state index in [1.807, 2.05) is 0 Å². The van der Waals surface area contributed by atoms with Gasteiger partial charge in [-0.2, -0.15) is 0 Å². The minimum Gasteiger partial charge on any atom is -0.341 e. The number of nitrogens with zero attached hydrogens (tertiary/aromatic N) is 2. The van der Waals surface area contributed by atoms with E-state index in [-0.39, 0.29) is 12.5 Å². The minimum atomic E-state index is -3.63. The Morgan fingerprint density at radius 1 is 1.30 bits per heavy atom. The summed E-state index contributed by atoms with van der Waals surface area (Å²) in [5.74, 6) is 0.220. The highest BCUT2D eigenvalue weighted by atomic mass is 35.5. The van der Waals surface area contributed by atoms with Crippen molar-refractivity contribution in [2.75, 3.05) is 30.2 Å². The molecule has 1 aliphatic heterocycles. The first-order chi connectivity index (χ1) is 10.7. The summed E-state index contributed by atoms with van der Waals surface area (Å²) < 4.78 is 25.3. The monoisotopic (exact) mass is 378 g/mol. The molecule has 0 aromatic heterocycles. The van der Waals surface area contributed by atoms with E-state index in [2.05, 4.69) is 6.92 Å². The van der Waals surface area contributed by atoms with Crippen LogP contribution in [-0.4, -0.2) is 45.1 Å². The molecule has 1 aliphatic rings. The molecule has 23 heavy (non-hydrogen) atoms. The summed E-state index contributed by atoms with van der Waals surface area (Å²) in [6.45, 7) is 3.16. The summed E-state index contributed by atoms with van der Waals surface area (Å²) in [7, 11) is -3.63. The lowest BCUT2D eigenvalue weighted by molar-refractivity contribution is -0.131. The Morgan fingerprint density at radius 3 is 2.43 bits per heavy atom. The zero-order valence-corrected chi connectivity index (χ0v) is 15.5. The lowest BCUT2D eigenvalue weighted by atomic mass is 10.0. The molecule has 1 saturated heterocycles. The molecule has 128 valence electrons. The van der Waals surface area contributed by atoms with E-state index < -0.39 is 10.0 Å². The van der Waals surface area contributed by atoms with Crippen molar-refractivity contribution in [3.05, 3.63) is 28.2 Å². The van der Waals surface area contributed by atoms with Gasteiger partial charge in [-0.05, 0) is 37.0 Å². The van der Waals surface area contributed by atoms with Crippen LogP contribution < -0.4 is 4.31 Å². The molecule has 0 radical (unpaired) electrons. The van der Waals surface area contributed by atoms with Crippen LogP contribution >= 0.6 is 23.2 Å². The molecule has 1 aromatic carbocycles. The number of carbonyl (C=O) groups excluding carboxylic acids is 1. The molecule has 1 amide bonds. The lowest BCUT2D eigenvalue weighted by Gasteiger charge is -2.33. The maximum Gasteiger partial charge on any atom is 0.243 e. The van der Waals surface area contributed by atoms with Crippen LogP contribution in [0.1, 0.15) is 19.8 Å². The van der Waals surface area contributed by atoms with Gasteiger partial charge in [-0.25, -0.2) is 8.42 Å². The third kappa shape index (κ3) is 4.99. The van der Waals surface area contributed by atoms with Crippen LogP contribution in [0.5, 0.6) is 0 Å². The van der Waals surface area contributed by atoms with Crippen molar-refractivity contribution in [3.8, 4) is 0 Å². The van der Waals surface area contributed by atoms with Gasteiger partial charge in [0.1, 0.15) is 6.54 Å². The van der Waals surface area contributed by atoms with Gasteiger partial charge in [-0.1, -0.05) is 30.1 Å². The number of rotatable bonds is 4. The molecule has 1 atom stereocenters. The van der Waals surface area contributed by atoms with E-state index >= 15 is 0 Å². The van der Waals surface area contributed by atoms with Crippen LogP contribution in [0.15, 0.2) is 18.2 Å². The second-order valence-electron chi connectivity index (χ2n) is 5.98. The second-order valence-corrected chi connectivity index (χ2v) is 8.76. The fourth-order valence-electron chi connectivity index (χ4n) is 2.72. The Bertz CT molecular complexity index is 674. The maximum absolute atomic E-state index is 12.5. The predicted octanol–water partition coefficient (Wildman–Crippen LogP) is 3.02. The maximum atomic E-state index is 12.5. The predicted molar refractivity (Wildman–Crippen MR) is 93.6 cm³/mol. The average Bonchev–Trinajstić information content (AvgIpc) is 2.42. The first-order valence-corrected chi connectivity index (χ1v) is 9.99. The molecule has 0 saturated carbocycles. The first-order valence-electron chi connectivity index (χ1n) is 7.38. The Balaban J connectivity index is 2.24. The van der Waals surface area contributed by atoms with Crippen molar-refractivity contribution in [2.24, 2.45) is 5.92 Å². The Labute approximate surface area is 147 Å². The highest BCUT2D eigenvalue weighted by Gasteiger charge is 2.27. The van der Waals surface area contributed by atoms with Crippen LogP contribution in [0, 0.1) is 5.92 Å². The normalized spacial score (nSPS) is 18.8. The van der Waals surface area contributed by atoms with Crippen LogP contribution in [0.2, 0.25) is 10.0 Å². The van der Waals surface area contributed by atoms with Gasteiger partial charge in [0.05, 0.1) is 11.9 Å². The summed E-state index contributed by atoms with van der Waals surface area (Å²) in [6, 6.07) is 4.49. The van der Waals surface area contributed by atoms with Gasteiger partial charge in [0.25, 0.3) is 0 Å². The number of halogens is 2. The summed E-state index contributed by atoms with van der Waals surface area (Å²) >= 11 is 11.9. The first kappa shape index (κ1) is 18.4. The van der Waals surface area contributed by atoms with Crippen molar-refractivity contribution in [1.82, 2.24) is 4.90 Å². The van der Waals surface area contributed by atoms with Gasteiger partial charge < -0.3 is 4.90 Å². The van der Waals surface area contributed by atoms with Crippen molar-refractivity contribution in [1.29, 1.82) is 0 Å². The largest absolute Gasteiger partial charge is 0.341 e. The quantitative estimate of drug-likeness (QED) is 0.808. The van der Waals surface area contributed by atoms with Crippen molar-refractivity contribution >= 4 is 44.8 Å². The van der Waals surface area contributed by atoms with Crippen LogP contribution in [0.25, 0.3) is 0 Å². The number of benzene rings is 1. The van der Waals surface area contributed by atoms with Crippen molar-refractivity contribution < 1.29 is 13.2 Å². The minimum absolute atomic E-state index is 0.210. The Kier molecular flexibility index (Phi) is 5.81. The summed E-state index contributed by atoms with van der Waals surface area (Å²) in [5, 5.41) is 0.639. The third-order valence-corrected chi connectivity index (χ3v) is 5.40. The lowest BCUT2D eigenvalue weighted by Crippen LogP contribution is -2.46. The molecule has 1 aromatic rings.